The van der Waals surface area contributed by atoms with E-state index in [-0.39, 0.29) is 16.8 Å². The number of alkyl halides is 4. The standard InChI is InChI=1S/C9H7BrF3NO3/c1-16-7-2-8(17-9(11,12)13)14-6(4-15)5(7)3-10/h2,4H,3H2,1H3. The SMILES string of the molecule is COc1cc(OC(F)(F)F)nc(C=O)c1CBr. The van der Waals surface area contributed by atoms with E-state index in [0.717, 1.165) is 6.07 Å². The first-order chi connectivity index (χ1) is 7.91. The summed E-state index contributed by atoms with van der Waals surface area (Å²) in [6.07, 6.45) is -4.53. The van der Waals surface area contributed by atoms with Gasteiger partial charge in [0.1, 0.15) is 11.4 Å². The number of aromatic nitrogens is 1. The highest BCUT2D eigenvalue weighted by Crippen LogP contribution is 2.29. The van der Waals surface area contributed by atoms with Crippen molar-refractivity contribution in [2.24, 2.45) is 0 Å². The molecule has 4 nitrogen and oxygen atoms in total. The lowest BCUT2D eigenvalue weighted by molar-refractivity contribution is -0.276. The summed E-state index contributed by atoms with van der Waals surface area (Å²) in [4.78, 5) is 14.1. The third-order valence-electron chi connectivity index (χ3n) is 1.78. The molecule has 0 spiro atoms. The number of nitrogens with zero attached hydrogens (tertiary/aromatic N) is 1. The topological polar surface area (TPSA) is 48.4 Å². The monoisotopic (exact) mass is 313 g/mol. The molecule has 0 aliphatic rings. The molecule has 0 aliphatic heterocycles. The number of rotatable bonds is 4. The second kappa shape index (κ2) is 5.35. The van der Waals surface area contributed by atoms with Crippen molar-refractivity contribution in [2.75, 3.05) is 7.11 Å². The van der Waals surface area contributed by atoms with Crippen LogP contribution in [0.1, 0.15) is 16.1 Å². The third kappa shape index (κ3) is 3.58. The van der Waals surface area contributed by atoms with Crippen molar-refractivity contribution < 1.29 is 27.4 Å². The molecule has 0 bridgehead atoms. The van der Waals surface area contributed by atoms with Gasteiger partial charge in [0.2, 0.25) is 5.88 Å². The van der Waals surface area contributed by atoms with Crippen LogP contribution in [0.3, 0.4) is 0 Å². The number of aldehydes is 1. The average Bonchev–Trinajstić information content (AvgIpc) is 2.25. The summed E-state index contributed by atoms with van der Waals surface area (Å²) in [5.41, 5.74) is 0.192. The molecule has 94 valence electrons. The first-order valence-electron chi connectivity index (χ1n) is 4.26. The molecule has 8 heteroatoms. The smallest absolute Gasteiger partial charge is 0.496 e. The molecule has 0 unspecified atom stereocenters. The number of pyridine rings is 1. The lowest BCUT2D eigenvalue weighted by atomic mass is 10.2. The van der Waals surface area contributed by atoms with E-state index in [2.05, 4.69) is 25.7 Å². The van der Waals surface area contributed by atoms with E-state index in [9.17, 15) is 18.0 Å². The number of hydrogen-bond acceptors (Lipinski definition) is 4. The highest BCUT2D eigenvalue weighted by atomic mass is 79.9. The number of methoxy groups -OCH3 is 1. The second-order valence-electron chi connectivity index (χ2n) is 2.83. The van der Waals surface area contributed by atoms with Crippen LogP contribution in [0.25, 0.3) is 0 Å². The van der Waals surface area contributed by atoms with Gasteiger partial charge >= 0.3 is 6.36 Å². The summed E-state index contributed by atoms with van der Waals surface area (Å²) < 4.78 is 44.5. The Kier molecular flexibility index (Phi) is 4.33. The maximum absolute atomic E-state index is 12.0. The highest BCUT2D eigenvalue weighted by molar-refractivity contribution is 9.08. The molecule has 0 saturated heterocycles. The summed E-state index contributed by atoms with van der Waals surface area (Å²) in [5.74, 6) is -0.639. The van der Waals surface area contributed by atoms with Crippen LogP contribution >= 0.6 is 15.9 Å². The second-order valence-corrected chi connectivity index (χ2v) is 3.39. The van der Waals surface area contributed by atoms with Crippen molar-refractivity contribution in [3.63, 3.8) is 0 Å². The van der Waals surface area contributed by atoms with Gasteiger partial charge in [-0.15, -0.1) is 13.2 Å². The fraction of sp³-hybridized carbons (Fsp3) is 0.333. The zero-order valence-corrected chi connectivity index (χ0v) is 10.1. The first-order valence-corrected chi connectivity index (χ1v) is 5.38. The number of carbonyl (C=O) groups is 1. The van der Waals surface area contributed by atoms with E-state index in [1.165, 1.54) is 7.11 Å². The Morgan fingerprint density at radius 3 is 2.59 bits per heavy atom. The Bertz CT molecular complexity index is 423. The van der Waals surface area contributed by atoms with Crippen molar-refractivity contribution in [2.45, 2.75) is 11.7 Å². The minimum Gasteiger partial charge on any atom is -0.496 e. The lowest BCUT2D eigenvalue weighted by Gasteiger charge is -2.12. The van der Waals surface area contributed by atoms with Gasteiger partial charge in [0.15, 0.2) is 6.29 Å². The fourth-order valence-corrected chi connectivity index (χ4v) is 1.69. The predicted octanol–water partition coefficient (Wildman–Crippen LogP) is 2.70. The molecule has 0 amide bonds. The van der Waals surface area contributed by atoms with Crippen LogP contribution < -0.4 is 9.47 Å². The Labute approximate surface area is 103 Å². The molecule has 0 fully saturated rings. The van der Waals surface area contributed by atoms with Crippen molar-refractivity contribution in [3.8, 4) is 11.6 Å². The minimum absolute atomic E-state index is 0.0956. The number of ether oxygens (including phenoxy) is 2. The molecule has 1 heterocycles. The molecule has 17 heavy (non-hydrogen) atoms. The van der Waals surface area contributed by atoms with E-state index < -0.39 is 12.2 Å². The van der Waals surface area contributed by atoms with E-state index >= 15 is 0 Å². The number of hydrogen-bond donors (Lipinski definition) is 0. The van der Waals surface area contributed by atoms with E-state index in [1.54, 1.807) is 0 Å². The van der Waals surface area contributed by atoms with Crippen LogP contribution in [-0.2, 0) is 5.33 Å². The normalized spacial score (nSPS) is 11.1. The van der Waals surface area contributed by atoms with Crippen LogP contribution in [0.2, 0.25) is 0 Å². The zero-order chi connectivity index (χ0) is 13.1. The summed E-state index contributed by atoms with van der Waals surface area (Å²) in [7, 11) is 1.27. The van der Waals surface area contributed by atoms with Crippen molar-refractivity contribution in [1.29, 1.82) is 0 Å². The van der Waals surface area contributed by atoms with Gasteiger partial charge in [0, 0.05) is 17.0 Å². The van der Waals surface area contributed by atoms with Gasteiger partial charge in [-0.05, 0) is 0 Å². The molecular formula is C9H7BrF3NO3. The van der Waals surface area contributed by atoms with Crippen molar-refractivity contribution in [1.82, 2.24) is 4.98 Å². The van der Waals surface area contributed by atoms with Gasteiger partial charge in [0.05, 0.1) is 7.11 Å². The van der Waals surface area contributed by atoms with Gasteiger partial charge in [-0.2, -0.15) is 0 Å². The Morgan fingerprint density at radius 1 is 1.53 bits per heavy atom. The molecule has 1 rings (SSSR count). The first kappa shape index (κ1) is 13.8. The van der Waals surface area contributed by atoms with Crippen LogP contribution in [0.4, 0.5) is 13.2 Å². The molecule has 0 radical (unpaired) electrons. The van der Waals surface area contributed by atoms with E-state index in [1.807, 2.05) is 0 Å². The van der Waals surface area contributed by atoms with Crippen LogP contribution in [-0.4, -0.2) is 24.7 Å². The quantitative estimate of drug-likeness (QED) is 0.633. The van der Waals surface area contributed by atoms with Gasteiger partial charge in [0.25, 0.3) is 0 Å². The maximum atomic E-state index is 12.0. The molecule has 0 saturated carbocycles. The van der Waals surface area contributed by atoms with Gasteiger partial charge in [-0.3, -0.25) is 4.79 Å². The molecule has 1 aromatic rings. The minimum atomic E-state index is -4.87. The summed E-state index contributed by atoms with van der Waals surface area (Å²) in [6.45, 7) is 0. The molecule has 0 aromatic carbocycles. The highest BCUT2D eigenvalue weighted by Gasteiger charge is 2.32. The Hall–Kier alpha value is -1.31. The maximum Gasteiger partial charge on any atom is 0.574 e. The summed E-state index contributed by atoms with van der Waals surface area (Å²) in [5, 5.41) is 0.226. The summed E-state index contributed by atoms with van der Waals surface area (Å²) >= 11 is 3.08. The predicted molar refractivity (Wildman–Crippen MR) is 55.5 cm³/mol. The third-order valence-corrected chi connectivity index (χ3v) is 2.34. The number of halogens is 4. The van der Waals surface area contributed by atoms with Crippen LogP contribution in [0.15, 0.2) is 6.07 Å². The fourth-order valence-electron chi connectivity index (χ4n) is 1.13. The van der Waals surface area contributed by atoms with Gasteiger partial charge in [-0.1, -0.05) is 15.9 Å². The number of carbonyl (C=O) groups excluding carboxylic acids is 1. The molecular weight excluding hydrogens is 307 g/mol. The van der Waals surface area contributed by atoms with E-state index in [0.29, 0.717) is 11.8 Å². The largest absolute Gasteiger partial charge is 0.574 e. The molecule has 1 aromatic heterocycles. The average molecular weight is 314 g/mol. The van der Waals surface area contributed by atoms with Crippen LogP contribution in [0, 0.1) is 0 Å². The van der Waals surface area contributed by atoms with Crippen molar-refractivity contribution in [3.05, 3.63) is 17.3 Å². The summed E-state index contributed by atoms with van der Waals surface area (Å²) in [6, 6.07) is 0.969. The molecule has 0 aliphatic carbocycles. The van der Waals surface area contributed by atoms with Gasteiger partial charge in [-0.25, -0.2) is 4.98 Å². The molecule has 0 atom stereocenters. The van der Waals surface area contributed by atoms with Crippen LogP contribution in [0.5, 0.6) is 11.6 Å². The Balaban J connectivity index is 3.22. The van der Waals surface area contributed by atoms with Crippen molar-refractivity contribution >= 4 is 22.2 Å². The van der Waals surface area contributed by atoms with Gasteiger partial charge < -0.3 is 9.47 Å². The Morgan fingerprint density at radius 2 is 2.18 bits per heavy atom. The molecule has 0 N–H and O–H groups in total. The lowest BCUT2D eigenvalue weighted by Crippen LogP contribution is -2.18. The zero-order valence-electron chi connectivity index (χ0n) is 8.55. The van der Waals surface area contributed by atoms with E-state index in [4.69, 9.17) is 4.74 Å².